The third kappa shape index (κ3) is 64.5. The van der Waals surface area contributed by atoms with Crippen molar-refractivity contribution >= 4 is 17.9 Å². The lowest BCUT2D eigenvalue weighted by Crippen LogP contribution is -2.30. The fourth-order valence-corrected chi connectivity index (χ4v) is 8.99. The van der Waals surface area contributed by atoms with Gasteiger partial charge in [0.25, 0.3) is 0 Å². The van der Waals surface area contributed by atoms with Gasteiger partial charge in [-0.25, -0.2) is 0 Å². The molecule has 6 heteroatoms. The maximum Gasteiger partial charge on any atom is 0.306 e. The SMILES string of the molecule is CC/C=C\C/C=C\C/C=C\C/C=C\C/C=C\C/C=C\C/C=C\CCCCCCCCCCCCCC(=O)OCC(COC(=O)CCCCCCC/C=C\C/C=C\CCC)OC(=O)CCCCCCC/C=C\CCCCCCCC. The molecule has 0 rings (SSSR count). The Morgan fingerprint density at radius 1 is 0.266 bits per heavy atom. The summed E-state index contributed by atoms with van der Waals surface area (Å²) in [4.78, 5) is 38.3. The predicted molar refractivity (Wildman–Crippen MR) is 343 cm³/mol. The van der Waals surface area contributed by atoms with E-state index in [0.717, 1.165) is 148 Å². The molecule has 0 saturated heterocycles. The van der Waals surface area contributed by atoms with Gasteiger partial charge >= 0.3 is 17.9 Å². The highest BCUT2D eigenvalue weighted by Crippen LogP contribution is 2.16. The van der Waals surface area contributed by atoms with Gasteiger partial charge in [-0.1, -0.05) is 277 Å². The highest BCUT2D eigenvalue weighted by Gasteiger charge is 2.19. The first-order chi connectivity index (χ1) is 39.0. The second kappa shape index (κ2) is 66.3. The third-order valence-corrected chi connectivity index (χ3v) is 13.9. The summed E-state index contributed by atoms with van der Waals surface area (Å²) in [5, 5.41) is 0. The molecule has 0 aliphatic rings. The van der Waals surface area contributed by atoms with E-state index in [1.165, 1.54) is 116 Å². The Labute approximate surface area is 488 Å². The average Bonchev–Trinajstić information content (AvgIpc) is 3.45. The summed E-state index contributed by atoms with van der Waals surface area (Å²) in [6.45, 7) is 6.45. The van der Waals surface area contributed by atoms with Gasteiger partial charge in [0.15, 0.2) is 6.10 Å². The first-order valence-corrected chi connectivity index (χ1v) is 33.0. The second-order valence-electron chi connectivity index (χ2n) is 21.6. The molecular weight excluding hydrogens is 973 g/mol. The van der Waals surface area contributed by atoms with Crippen molar-refractivity contribution in [3.8, 4) is 0 Å². The fraction of sp³-hybridized carbons (Fsp3) is 0.685. The van der Waals surface area contributed by atoms with Crippen LogP contribution in [0.3, 0.4) is 0 Å². The molecular formula is C73H122O6. The quantitative estimate of drug-likeness (QED) is 0.0261. The standard InChI is InChI=1S/C73H122O6/c1-4-7-10-13-16-19-22-25-27-28-29-30-31-32-33-34-35-36-37-38-39-40-41-42-43-44-46-48-51-54-57-60-63-66-72(75)78-69-70(68-77-71(74)65-62-59-56-53-50-47-24-21-18-15-12-9-6-3)79-73(76)67-64-61-58-55-52-49-45-26-23-20-17-14-11-8-5-2/h7,10,12,15-16,19,21,24-27,29-30,32-33,35-36,38-39,45,70H,4-6,8-9,11,13-14,17-18,20,22-23,28,31,34,37,40-44,46-69H2,1-3H3/b10-7-,15-12-,19-16-,24-21-,27-25-,30-29-,33-32-,36-35-,39-38-,45-26-. The van der Waals surface area contributed by atoms with Crippen molar-refractivity contribution in [1.82, 2.24) is 0 Å². The molecule has 0 bridgehead atoms. The van der Waals surface area contributed by atoms with Crippen LogP contribution in [0.1, 0.15) is 303 Å². The summed E-state index contributed by atoms with van der Waals surface area (Å²) < 4.78 is 16.9. The van der Waals surface area contributed by atoms with Gasteiger partial charge in [0.05, 0.1) is 0 Å². The number of carbonyl (C=O) groups is 3. The van der Waals surface area contributed by atoms with Gasteiger partial charge in [-0.2, -0.15) is 0 Å². The van der Waals surface area contributed by atoms with Crippen molar-refractivity contribution in [3.63, 3.8) is 0 Å². The smallest absolute Gasteiger partial charge is 0.306 e. The summed E-state index contributed by atoms with van der Waals surface area (Å²) in [5.41, 5.74) is 0. The molecule has 0 saturated carbocycles. The Balaban J connectivity index is 4.23. The zero-order valence-electron chi connectivity index (χ0n) is 51.6. The van der Waals surface area contributed by atoms with Crippen LogP contribution in [0.2, 0.25) is 0 Å². The van der Waals surface area contributed by atoms with E-state index in [4.69, 9.17) is 14.2 Å². The molecule has 0 aliphatic heterocycles. The summed E-state index contributed by atoms with van der Waals surface area (Å²) in [6, 6.07) is 0. The van der Waals surface area contributed by atoms with Crippen LogP contribution in [0.4, 0.5) is 0 Å². The molecule has 1 unspecified atom stereocenters. The molecule has 79 heavy (non-hydrogen) atoms. The van der Waals surface area contributed by atoms with E-state index in [9.17, 15) is 14.4 Å². The van der Waals surface area contributed by atoms with Crippen LogP contribution in [0, 0.1) is 0 Å². The molecule has 0 amide bonds. The molecule has 0 aromatic heterocycles. The summed E-state index contributed by atoms with van der Waals surface area (Å²) in [5.74, 6) is -0.908. The maximum absolute atomic E-state index is 12.9. The first kappa shape index (κ1) is 74.8. The number of hydrogen-bond acceptors (Lipinski definition) is 6. The van der Waals surface area contributed by atoms with E-state index in [1.54, 1.807) is 0 Å². The van der Waals surface area contributed by atoms with Gasteiger partial charge in [-0.15, -0.1) is 0 Å². The van der Waals surface area contributed by atoms with Crippen LogP contribution >= 0.6 is 0 Å². The van der Waals surface area contributed by atoms with Crippen molar-refractivity contribution in [2.45, 2.75) is 309 Å². The zero-order valence-corrected chi connectivity index (χ0v) is 51.6. The molecule has 0 fully saturated rings. The molecule has 0 aliphatic carbocycles. The van der Waals surface area contributed by atoms with Crippen LogP contribution in [-0.4, -0.2) is 37.2 Å². The normalized spacial score (nSPS) is 12.9. The number of allylic oxidation sites excluding steroid dienone is 20. The molecule has 0 spiro atoms. The van der Waals surface area contributed by atoms with Crippen molar-refractivity contribution < 1.29 is 28.6 Å². The van der Waals surface area contributed by atoms with E-state index < -0.39 is 6.10 Å². The minimum atomic E-state index is -0.792. The van der Waals surface area contributed by atoms with Gasteiger partial charge in [-0.3, -0.25) is 14.4 Å². The average molecular weight is 1100 g/mol. The molecule has 0 aromatic rings. The largest absolute Gasteiger partial charge is 0.462 e. The summed E-state index contributed by atoms with van der Waals surface area (Å²) in [6.07, 6.45) is 92.1. The maximum atomic E-state index is 12.9. The fourth-order valence-electron chi connectivity index (χ4n) is 8.99. The topological polar surface area (TPSA) is 78.9 Å². The summed E-state index contributed by atoms with van der Waals surface area (Å²) in [7, 11) is 0. The number of esters is 3. The van der Waals surface area contributed by atoms with Gasteiger partial charge in [-0.05, 0) is 128 Å². The van der Waals surface area contributed by atoms with Gasteiger partial charge in [0.2, 0.25) is 0 Å². The monoisotopic (exact) mass is 1090 g/mol. The Kier molecular flexibility index (Phi) is 62.8. The van der Waals surface area contributed by atoms with Crippen LogP contribution in [-0.2, 0) is 28.6 Å². The van der Waals surface area contributed by atoms with Gasteiger partial charge in [0, 0.05) is 19.3 Å². The number of ether oxygens (including phenoxy) is 3. The van der Waals surface area contributed by atoms with Crippen molar-refractivity contribution in [1.29, 1.82) is 0 Å². The van der Waals surface area contributed by atoms with Crippen molar-refractivity contribution in [2.75, 3.05) is 13.2 Å². The van der Waals surface area contributed by atoms with E-state index in [-0.39, 0.29) is 31.1 Å². The molecule has 0 radical (unpaired) electrons. The number of hydrogen-bond donors (Lipinski definition) is 0. The molecule has 6 nitrogen and oxygen atoms in total. The Hall–Kier alpha value is -4.19. The predicted octanol–water partition coefficient (Wildman–Crippen LogP) is 22.8. The lowest BCUT2D eigenvalue weighted by molar-refractivity contribution is -0.167. The molecule has 1 atom stereocenters. The lowest BCUT2D eigenvalue weighted by Gasteiger charge is -2.18. The van der Waals surface area contributed by atoms with E-state index >= 15 is 0 Å². The number of rotatable bonds is 59. The summed E-state index contributed by atoms with van der Waals surface area (Å²) >= 11 is 0. The van der Waals surface area contributed by atoms with E-state index in [1.807, 2.05) is 0 Å². The highest BCUT2D eigenvalue weighted by atomic mass is 16.6. The molecule has 0 aromatic carbocycles. The number of carbonyl (C=O) groups excluding carboxylic acids is 3. The Morgan fingerprint density at radius 2 is 0.519 bits per heavy atom. The van der Waals surface area contributed by atoms with Crippen molar-refractivity contribution in [2.24, 2.45) is 0 Å². The highest BCUT2D eigenvalue weighted by molar-refractivity contribution is 5.71. The molecule has 0 N–H and O–H groups in total. The zero-order chi connectivity index (χ0) is 57.1. The number of unbranched alkanes of at least 4 members (excludes halogenated alkanes) is 28. The van der Waals surface area contributed by atoms with Crippen LogP contribution in [0.5, 0.6) is 0 Å². The molecule has 0 heterocycles. The third-order valence-electron chi connectivity index (χ3n) is 13.9. The van der Waals surface area contributed by atoms with Crippen molar-refractivity contribution in [3.05, 3.63) is 122 Å². The van der Waals surface area contributed by atoms with E-state index in [2.05, 4.69) is 142 Å². The van der Waals surface area contributed by atoms with Crippen LogP contribution in [0.25, 0.3) is 0 Å². The lowest BCUT2D eigenvalue weighted by atomic mass is 10.0. The minimum absolute atomic E-state index is 0.0878. The van der Waals surface area contributed by atoms with Crippen LogP contribution < -0.4 is 0 Å². The van der Waals surface area contributed by atoms with Crippen LogP contribution in [0.15, 0.2) is 122 Å². The second-order valence-corrected chi connectivity index (χ2v) is 21.6. The molecule has 450 valence electrons. The first-order valence-electron chi connectivity index (χ1n) is 33.0. The minimum Gasteiger partial charge on any atom is -0.462 e. The van der Waals surface area contributed by atoms with Gasteiger partial charge in [0.1, 0.15) is 13.2 Å². The Morgan fingerprint density at radius 3 is 0.835 bits per heavy atom. The van der Waals surface area contributed by atoms with Gasteiger partial charge < -0.3 is 14.2 Å². The Bertz CT molecular complexity index is 1640. The van der Waals surface area contributed by atoms with E-state index in [0.29, 0.717) is 19.3 Å².